The van der Waals surface area contributed by atoms with Crippen LogP contribution in [-0.2, 0) is 4.74 Å². The molecule has 38 heavy (non-hydrogen) atoms. The third-order valence-electron chi connectivity index (χ3n) is 5.95. The zero-order chi connectivity index (χ0) is 26.2. The van der Waals surface area contributed by atoms with Crippen molar-refractivity contribution in [3.8, 4) is 17.3 Å². The van der Waals surface area contributed by atoms with E-state index in [9.17, 15) is 0 Å². The van der Waals surface area contributed by atoms with Crippen molar-refractivity contribution in [2.45, 2.75) is 6.42 Å². The second-order valence-corrected chi connectivity index (χ2v) is 8.60. The van der Waals surface area contributed by atoms with Crippen LogP contribution in [0.5, 0.6) is 11.5 Å². The monoisotopic (exact) mass is 517 g/mol. The molecule has 12 nitrogen and oxygen atoms in total. The molecule has 2 aromatic heterocycles. The number of anilines is 5. The van der Waals surface area contributed by atoms with Crippen molar-refractivity contribution in [1.82, 2.24) is 29.6 Å². The molecule has 12 heteroatoms. The van der Waals surface area contributed by atoms with Crippen LogP contribution in [0.3, 0.4) is 0 Å². The van der Waals surface area contributed by atoms with E-state index in [4.69, 9.17) is 19.9 Å². The van der Waals surface area contributed by atoms with E-state index in [0.29, 0.717) is 35.7 Å². The van der Waals surface area contributed by atoms with Crippen LogP contribution in [-0.4, -0.2) is 76.2 Å². The standard InChI is InChI=1S/C26H31N9O3/c1-36-22-16-20(8-9-21(22)38-13-5-10-34-11-14-37-15-12-34)31-26-32-25(27)35(33-26)24-17-23(28-18-29-24)30-19-6-3-2-4-7-19/h2-4,6-9,16-18H,5,10-15H2,1H3,(H,28,29,30)(H3,27,31,32,33). The zero-order valence-electron chi connectivity index (χ0n) is 21.2. The highest BCUT2D eigenvalue weighted by atomic mass is 16.5. The molecule has 1 aliphatic rings. The van der Waals surface area contributed by atoms with Crippen LogP contribution in [0.2, 0.25) is 0 Å². The number of rotatable bonds is 11. The number of nitrogens with zero attached hydrogens (tertiary/aromatic N) is 6. The first-order valence-corrected chi connectivity index (χ1v) is 12.4. The summed E-state index contributed by atoms with van der Waals surface area (Å²) in [6.45, 7) is 5.13. The summed E-state index contributed by atoms with van der Waals surface area (Å²) >= 11 is 0. The lowest BCUT2D eigenvalue weighted by Crippen LogP contribution is -2.37. The van der Waals surface area contributed by atoms with E-state index in [-0.39, 0.29) is 5.95 Å². The van der Waals surface area contributed by atoms with Gasteiger partial charge < -0.3 is 30.6 Å². The van der Waals surface area contributed by atoms with Crippen molar-refractivity contribution in [3.63, 3.8) is 0 Å². The number of nitrogens with one attached hydrogen (secondary N) is 2. The van der Waals surface area contributed by atoms with Crippen molar-refractivity contribution in [2.75, 3.05) is 62.9 Å². The predicted octanol–water partition coefficient (Wildman–Crippen LogP) is 3.24. The Morgan fingerprint density at radius 3 is 2.63 bits per heavy atom. The molecule has 1 aliphatic heterocycles. The fourth-order valence-electron chi connectivity index (χ4n) is 4.04. The van der Waals surface area contributed by atoms with Crippen LogP contribution >= 0.6 is 0 Å². The van der Waals surface area contributed by atoms with Crippen molar-refractivity contribution in [2.24, 2.45) is 0 Å². The highest BCUT2D eigenvalue weighted by molar-refractivity contribution is 5.61. The molecule has 0 spiro atoms. The molecule has 198 valence electrons. The van der Waals surface area contributed by atoms with Crippen molar-refractivity contribution < 1.29 is 14.2 Å². The summed E-state index contributed by atoms with van der Waals surface area (Å²) in [5.74, 6) is 2.88. The molecule has 1 fully saturated rings. The second kappa shape index (κ2) is 12.2. The number of hydrogen-bond donors (Lipinski definition) is 3. The van der Waals surface area contributed by atoms with Gasteiger partial charge in [-0.05, 0) is 30.7 Å². The minimum absolute atomic E-state index is 0.184. The fourth-order valence-corrected chi connectivity index (χ4v) is 4.04. The normalized spacial score (nSPS) is 13.7. The fraction of sp³-hybridized carbons (Fsp3) is 0.308. The largest absolute Gasteiger partial charge is 0.493 e. The first-order chi connectivity index (χ1) is 18.7. The Bertz CT molecular complexity index is 1330. The van der Waals surface area contributed by atoms with Gasteiger partial charge in [0.2, 0.25) is 11.9 Å². The van der Waals surface area contributed by atoms with E-state index < -0.39 is 0 Å². The Labute approximate surface area is 220 Å². The summed E-state index contributed by atoms with van der Waals surface area (Å²) in [5, 5.41) is 10.9. The van der Waals surface area contributed by atoms with Gasteiger partial charge in [0.15, 0.2) is 17.3 Å². The van der Waals surface area contributed by atoms with Crippen molar-refractivity contribution >= 4 is 29.1 Å². The van der Waals surface area contributed by atoms with Gasteiger partial charge in [-0.2, -0.15) is 9.67 Å². The quantitative estimate of drug-likeness (QED) is 0.253. The zero-order valence-corrected chi connectivity index (χ0v) is 21.2. The van der Waals surface area contributed by atoms with Crippen LogP contribution in [0.25, 0.3) is 5.82 Å². The molecule has 0 atom stereocenters. The molecule has 1 saturated heterocycles. The van der Waals surface area contributed by atoms with E-state index in [2.05, 4.69) is 35.6 Å². The lowest BCUT2D eigenvalue weighted by atomic mass is 10.2. The number of nitrogen functional groups attached to an aromatic ring is 1. The Morgan fingerprint density at radius 1 is 0.974 bits per heavy atom. The topological polar surface area (TPSA) is 138 Å². The molecular weight excluding hydrogens is 486 g/mol. The van der Waals surface area contributed by atoms with Gasteiger partial charge in [0.05, 0.1) is 26.9 Å². The highest BCUT2D eigenvalue weighted by Crippen LogP contribution is 2.31. The molecule has 4 N–H and O–H groups in total. The summed E-state index contributed by atoms with van der Waals surface area (Å²) in [6.07, 6.45) is 2.37. The Kier molecular flexibility index (Phi) is 8.11. The van der Waals surface area contributed by atoms with Crippen LogP contribution in [0.15, 0.2) is 60.9 Å². The third kappa shape index (κ3) is 6.47. The van der Waals surface area contributed by atoms with Gasteiger partial charge in [0.25, 0.3) is 0 Å². The Balaban J connectivity index is 1.21. The average Bonchev–Trinajstić information content (AvgIpc) is 3.32. The number of benzene rings is 2. The molecule has 0 radical (unpaired) electrons. The van der Waals surface area contributed by atoms with E-state index in [1.54, 1.807) is 13.2 Å². The van der Waals surface area contributed by atoms with Crippen LogP contribution in [0, 0.1) is 0 Å². The number of hydrogen-bond acceptors (Lipinski definition) is 11. The number of ether oxygens (including phenoxy) is 3. The molecule has 2 aromatic carbocycles. The maximum Gasteiger partial charge on any atom is 0.248 e. The van der Waals surface area contributed by atoms with Crippen LogP contribution in [0.1, 0.15) is 6.42 Å². The van der Waals surface area contributed by atoms with Gasteiger partial charge in [0, 0.05) is 43.1 Å². The van der Waals surface area contributed by atoms with E-state index in [0.717, 1.165) is 50.6 Å². The van der Waals surface area contributed by atoms with Gasteiger partial charge in [-0.1, -0.05) is 18.2 Å². The summed E-state index contributed by atoms with van der Waals surface area (Å²) in [6, 6.07) is 17.1. The predicted molar refractivity (Wildman–Crippen MR) is 145 cm³/mol. The maximum atomic E-state index is 6.15. The smallest absolute Gasteiger partial charge is 0.248 e. The molecule has 0 amide bonds. The lowest BCUT2D eigenvalue weighted by molar-refractivity contribution is 0.0357. The molecule has 4 aromatic rings. The third-order valence-corrected chi connectivity index (χ3v) is 5.95. The maximum absolute atomic E-state index is 6.15. The van der Waals surface area contributed by atoms with Crippen LogP contribution in [0.4, 0.5) is 29.1 Å². The van der Waals surface area contributed by atoms with Gasteiger partial charge in [-0.15, -0.1) is 5.10 Å². The average molecular weight is 518 g/mol. The summed E-state index contributed by atoms with van der Waals surface area (Å²) in [5.41, 5.74) is 7.78. The Morgan fingerprint density at radius 2 is 1.82 bits per heavy atom. The summed E-state index contributed by atoms with van der Waals surface area (Å²) < 4.78 is 18.4. The first kappa shape index (κ1) is 25.2. The second-order valence-electron chi connectivity index (χ2n) is 8.60. The van der Waals surface area contributed by atoms with Crippen LogP contribution < -0.4 is 25.8 Å². The number of morpholine rings is 1. The number of para-hydroxylation sites is 1. The van der Waals surface area contributed by atoms with E-state index in [1.807, 2.05) is 48.5 Å². The van der Waals surface area contributed by atoms with E-state index >= 15 is 0 Å². The van der Waals surface area contributed by atoms with Crippen molar-refractivity contribution in [1.29, 1.82) is 0 Å². The summed E-state index contributed by atoms with van der Waals surface area (Å²) in [7, 11) is 1.61. The lowest BCUT2D eigenvalue weighted by Gasteiger charge is -2.26. The molecule has 0 aliphatic carbocycles. The summed E-state index contributed by atoms with van der Waals surface area (Å²) in [4.78, 5) is 15.3. The first-order valence-electron chi connectivity index (χ1n) is 12.4. The van der Waals surface area contributed by atoms with Gasteiger partial charge in [-0.3, -0.25) is 4.90 Å². The SMILES string of the molecule is COc1cc(Nc2nc(N)n(-c3cc(Nc4ccccc4)ncn3)n2)ccc1OCCCN1CCOCC1. The van der Waals surface area contributed by atoms with E-state index in [1.165, 1.54) is 11.0 Å². The number of methoxy groups -OCH3 is 1. The molecule has 0 unspecified atom stereocenters. The minimum atomic E-state index is 0.184. The van der Waals surface area contributed by atoms with Gasteiger partial charge in [-0.25, -0.2) is 9.97 Å². The molecule has 5 rings (SSSR count). The molecule has 0 bridgehead atoms. The Hall–Kier alpha value is -4.42. The molecule has 3 heterocycles. The van der Waals surface area contributed by atoms with Gasteiger partial charge in [0.1, 0.15) is 12.1 Å². The molecule has 0 saturated carbocycles. The minimum Gasteiger partial charge on any atom is -0.493 e. The molecular formula is C26H31N9O3. The number of aromatic nitrogens is 5. The highest BCUT2D eigenvalue weighted by Gasteiger charge is 2.14. The van der Waals surface area contributed by atoms with Gasteiger partial charge >= 0.3 is 0 Å². The van der Waals surface area contributed by atoms with Crippen molar-refractivity contribution in [3.05, 3.63) is 60.9 Å². The number of nitrogens with two attached hydrogens (primary N) is 1.